The van der Waals surface area contributed by atoms with Crippen LogP contribution < -0.4 is 14.4 Å². The third-order valence-corrected chi connectivity index (χ3v) is 6.71. The topological polar surface area (TPSA) is 102 Å². The number of anilines is 1. The van der Waals surface area contributed by atoms with Crippen LogP contribution in [-0.2, 0) is 9.59 Å². The number of amides is 1. The second-order valence-electron chi connectivity index (χ2n) is 7.94. The lowest BCUT2D eigenvalue weighted by Gasteiger charge is -2.22. The Morgan fingerprint density at radius 1 is 1.00 bits per heavy atom. The van der Waals surface area contributed by atoms with Gasteiger partial charge in [0.1, 0.15) is 23.3 Å². The van der Waals surface area contributed by atoms with E-state index in [4.69, 9.17) is 9.47 Å². The fraction of sp³-hybridized carbons (Fsp3) is 0.185. The van der Waals surface area contributed by atoms with Gasteiger partial charge in [0.25, 0.3) is 5.78 Å². The van der Waals surface area contributed by atoms with Crippen molar-refractivity contribution in [2.24, 2.45) is 0 Å². The molecular weight excluding hydrogens is 478 g/mol. The first-order valence-corrected chi connectivity index (χ1v) is 12.3. The molecule has 182 valence electrons. The Labute approximate surface area is 211 Å². The van der Waals surface area contributed by atoms with Crippen LogP contribution in [-0.4, -0.2) is 40.0 Å². The zero-order chi connectivity index (χ0) is 25.2. The van der Waals surface area contributed by atoms with Crippen molar-refractivity contribution in [1.82, 2.24) is 9.97 Å². The molecule has 5 rings (SSSR count). The van der Waals surface area contributed by atoms with Crippen molar-refractivity contribution in [2.45, 2.75) is 19.9 Å². The van der Waals surface area contributed by atoms with E-state index in [2.05, 4.69) is 9.97 Å². The molecule has 4 aromatic rings. The summed E-state index contributed by atoms with van der Waals surface area (Å²) in [4.78, 5) is 37.1. The summed E-state index contributed by atoms with van der Waals surface area (Å²) in [6.07, 6.45) is 1.58. The minimum atomic E-state index is -0.950. The normalized spacial score (nSPS) is 17.1. The number of rotatable bonds is 7. The van der Waals surface area contributed by atoms with E-state index in [0.717, 1.165) is 4.70 Å². The van der Waals surface area contributed by atoms with Gasteiger partial charge in [-0.1, -0.05) is 29.5 Å². The molecule has 9 heteroatoms. The number of carbonyl (C=O) groups excluding carboxylic acids is 2. The van der Waals surface area contributed by atoms with Gasteiger partial charge >= 0.3 is 5.91 Å². The molecule has 1 unspecified atom stereocenters. The Bertz CT molecular complexity index is 1480. The van der Waals surface area contributed by atoms with Crippen LogP contribution in [0.2, 0.25) is 0 Å². The Morgan fingerprint density at radius 2 is 1.78 bits per heavy atom. The number of benzene rings is 2. The largest absolute Gasteiger partial charge is 0.507 e. The predicted octanol–water partition coefficient (Wildman–Crippen LogP) is 5.12. The highest BCUT2D eigenvalue weighted by Gasteiger charge is 2.48. The van der Waals surface area contributed by atoms with Gasteiger partial charge in [-0.2, -0.15) is 0 Å². The zero-order valence-corrected chi connectivity index (χ0v) is 20.5. The molecule has 2 aromatic heterocycles. The Kier molecular flexibility index (Phi) is 6.39. The van der Waals surface area contributed by atoms with Gasteiger partial charge < -0.3 is 14.6 Å². The molecule has 1 amide bonds. The lowest BCUT2D eigenvalue weighted by atomic mass is 9.98. The Hall–Kier alpha value is -4.24. The number of hydrogen-bond donors (Lipinski definition) is 1. The van der Waals surface area contributed by atoms with E-state index in [1.54, 1.807) is 48.7 Å². The number of ketones is 1. The Morgan fingerprint density at radius 3 is 2.50 bits per heavy atom. The van der Waals surface area contributed by atoms with Crippen molar-refractivity contribution in [3.63, 3.8) is 0 Å². The highest BCUT2D eigenvalue weighted by molar-refractivity contribution is 7.22. The summed E-state index contributed by atoms with van der Waals surface area (Å²) in [5.41, 5.74) is 1.42. The fourth-order valence-corrected chi connectivity index (χ4v) is 5.18. The molecule has 8 nitrogen and oxygen atoms in total. The molecule has 1 aliphatic rings. The van der Waals surface area contributed by atoms with Crippen LogP contribution in [0.5, 0.6) is 11.5 Å². The second kappa shape index (κ2) is 9.79. The maximum atomic E-state index is 13.4. The first kappa shape index (κ1) is 23.5. The summed E-state index contributed by atoms with van der Waals surface area (Å²) < 4.78 is 11.9. The lowest BCUT2D eigenvalue weighted by molar-refractivity contribution is -0.132. The minimum absolute atomic E-state index is 0.0541. The maximum Gasteiger partial charge on any atom is 0.301 e. The molecule has 1 atom stereocenters. The van der Waals surface area contributed by atoms with Gasteiger partial charge in [-0.15, -0.1) is 0 Å². The van der Waals surface area contributed by atoms with Crippen LogP contribution in [0.4, 0.5) is 5.13 Å². The molecule has 0 spiro atoms. The number of nitrogens with zero attached hydrogens (tertiary/aromatic N) is 3. The highest BCUT2D eigenvalue weighted by Crippen LogP contribution is 2.44. The van der Waals surface area contributed by atoms with E-state index < -0.39 is 17.7 Å². The zero-order valence-electron chi connectivity index (χ0n) is 19.7. The summed E-state index contributed by atoms with van der Waals surface area (Å²) in [7, 11) is 0. The van der Waals surface area contributed by atoms with Crippen molar-refractivity contribution >= 4 is 44.1 Å². The van der Waals surface area contributed by atoms with Crippen LogP contribution >= 0.6 is 11.3 Å². The van der Waals surface area contributed by atoms with E-state index in [1.165, 1.54) is 16.2 Å². The average Bonchev–Trinajstić information content (AvgIpc) is 3.42. The number of aromatic nitrogens is 2. The summed E-state index contributed by atoms with van der Waals surface area (Å²) in [5.74, 6) is -0.650. The van der Waals surface area contributed by atoms with E-state index in [9.17, 15) is 14.7 Å². The number of aliphatic hydroxyl groups excluding tert-OH is 1. The van der Waals surface area contributed by atoms with Gasteiger partial charge in [0.15, 0.2) is 5.13 Å². The monoisotopic (exact) mass is 501 g/mol. The van der Waals surface area contributed by atoms with Crippen molar-refractivity contribution < 1.29 is 24.2 Å². The van der Waals surface area contributed by atoms with E-state index in [0.29, 0.717) is 46.6 Å². The van der Waals surface area contributed by atoms with Crippen LogP contribution in [0, 0.1) is 0 Å². The van der Waals surface area contributed by atoms with Crippen molar-refractivity contribution in [2.75, 3.05) is 18.1 Å². The molecule has 0 saturated carbocycles. The minimum Gasteiger partial charge on any atom is -0.507 e. The first-order chi connectivity index (χ1) is 17.5. The van der Waals surface area contributed by atoms with Crippen molar-refractivity contribution in [3.8, 4) is 11.5 Å². The van der Waals surface area contributed by atoms with Gasteiger partial charge in [0, 0.05) is 11.8 Å². The Balaban J connectivity index is 1.67. The summed E-state index contributed by atoms with van der Waals surface area (Å²) >= 11 is 1.27. The van der Waals surface area contributed by atoms with Gasteiger partial charge in [0.2, 0.25) is 0 Å². The summed E-state index contributed by atoms with van der Waals surface area (Å²) in [5, 5.41) is 11.6. The molecule has 1 N–H and O–H groups in total. The number of thiazole rings is 1. The molecule has 0 radical (unpaired) electrons. The molecule has 0 bridgehead atoms. The van der Waals surface area contributed by atoms with Gasteiger partial charge in [-0.25, -0.2) is 4.98 Å². The van der Waals surface area contributed by atoms with Crippen LogP contribution in [0.25, 0.3) is 16.0 Å². The van der Waals surface area contributed by atoms with Gasteiger partial charge in [-0.3, -0.25) is 19.5 Å². The number of aliphatic hydroxyl groups is 1. The molecule has 0 aliphatic carbocycles. The number of ether oxygens (including phenoxy) is 2. The van der Waals surface area contributed by atoms with Crippen molar-refractivity contribution in [1.29, 1.82) is 0 Å². The standard InChI is InChI=1S/C27H23N3O5S/c1-3-34-17-9-7-8-16(14-17)24(31)22-23(20-10-5-6-13-28-20)30(26(33)25(22)32)27-29-19-12-11-18(35-4-2)15-21(19)36-27/h5-15,23,31H,3-4H2,1-2H3/b24-22+. The quantitative estimate of drug-likeness (QED) is 0.213. The summed E-state index contributed by atoms with van der Waals surface area (Å²) in [6.45, 7) is 4.73. The van der Waals surface area contributed by atoms with Crippen LogP contribution in [0.3, 0.4) is 0 Å². The molecule has 1 aliphatic heterocycles. The molecular formula is C27H23N3O5S. The molecule has 36 heavy (non-hydrogen) atoms. The van der Waals surface area contributed by atoms with Gasteiger partial charge in [0.05, 0.1) is 34.7 Å². The second-order valence-corrected chi connectivity index (χ2v) is 8.95. The summed E-state index contributed by atoms with van der Waals surface area (Å²) in [6, 6.07) is 16.5. The average molecular weight is 502 g/mol. The third kappa shape index (κ3) is 4.18. The molecule has 1 fully saturated rings. The number of Topliss-reactive ketones (excluding diaryl/α,β-unsaturated/α-hetero) is 1. The highest BCUT2D eigenvalue weighted by atomic mass is 32.1. The van der Waals surface area contributed by atoms with E-state index in [-0.39, 0.29) is 11.3 Å². The van der Waals surface area contributed by atoms with Crippen molar-refractivity contribution in [3.05, 3.63) is 83.7 Å². The molecule has 2 aromatic carbocycles. The number of fused-ring (bicyclic) bond motifs is 1. The SMILES string of the molecule is CCOc1cccc(/C(O)=C2\C(=O)C(=O)N(c3nc4ccc(OCC)cc4s3)C2c2ccccn2)c1. The third-order valence-electron chi connectivity index (χ3n) is 5.70. The number of pyridine rings is 1. The van der Waals surface area contributed by atoms with Crippen LogP contribution in [0.1, 0.15) is 31.1 Å². The van der Waals surface area contributed by atoms with Crippen LogP contribution in [0.15, 0.2) is 72.4 Å². The molecule has 3 heterocycles. The number of carbonyl (C=O) groups is 2. The number of hydrogen-bond acceptors (Lipinski definition) is 8. The van der Waals surface area contributed by atoms with E-state index in [1.807, 2.05) is 32.0 Å². The van der Waals surface area contributed by atoms with Gasteiger partial charge in [-0.05, 0) is 56.3 Å². The predicted molar refractivity (Wildman–Crippen MR) is 137 cm³/mol. The fourth-order valence-electron chi connectivity index (χ4n) is 4.15. The lowest BCUT2D eigenvalue weighted by Crippen LogP contribution is -2.29. The smallest absolute Gasteiger partial charge is 0.301 e. The van der Waals surface area contributed by atoms with E-state index >= 15 is 0 Å². The molecule has 1 saturated heterocycles. The first-order valence-electron chi connectivity index (χ1n) is 11.5. The maximum absolute atomic E-state index is 13.4.